The summed E-state index contributed by atoms with van der Waals surface area (Å²) in [5, 5.41) is 18.6. The topological polar surface area (TPSA) is 77.8 Å². The minimum absolute atomic E-state index is 0.0164. The molecule has 24 heavy (non-hydrogen) atoms. The molecule has 1 aromatic carbocycles. The van der Waals surface area contributed by atoms with Crippen LogP contribution < -0.4 is 4.90 Å². The summed E-state index contributed by atoms with van der Waals surface area (Å²) in [6, 6.07) is 9.63. The van der Waals surface area contributed by atoms with Crippen LogP contribution in [0, 0.1) is 5.82 Å². The van der Waals surface area contributed by atoms with E-state index < -0.39 is 24.1 Å². The molecule has 5 nitrogen and oxygen atoms in total. The Labute approximate surface area is 137 Å². The van der Waals surface area contributed by atoms with Gasteiger partial charge in [0, 0.05) is 5.56 Å². The Balaban J connectivity index is 0.000000351. The normalized spacial score (nSPS) is 10.5. The SMILES string of the molecule is O=C(O)C(F)(F)F.O=C(O)N(Cc1ccccc1F)c1cccs1. The van der Waals surface area contributed by atoms with E-state index in [1.54, 1.807) is 35.7 Å². The molecule has 0 saturated heterocycles. The Hall–Kier alpha value is -2.62. The van der Waals surface area contributed by atoms with Gasteiger partial charge in [-0.05, 0) is 23.6 Å². The van der Waals surface area contributed by atoms with Gasteiger partial charge in [0.25, 0.3) is 0 Å². The van der Waals surface area contributed by atoms with Crippen molar-refractivity contribution in [3.05, 3.63) is 53.2 Å². The fourth-order valence-electron chi connectivity index (χ4n) is 1.46. The van der Waals surface area contributed by atoms with Crippen LogP contribution in [0.25, 0.3) is 0 Å². The number of thiophene rings is 1. The second-order valence-electron chi connectivity index (χ2n) is 4.21. The van der Waals surface area contributed by atoms with Crippen molar-refractivity contribution in [1.82, 2.24) is 0 Å². The molecule has 0 aliphatic heterocycles. The largest absolute Gasteiger partial charge is 0.490 e. The van der Waals surface area contributed by atoms with Gasteiger partial charge in [-0.1, -0.05) is 18.2 Å². The van der Waals surface area contributed by atoms with Crippen molar-refractivity contribution in [2.75, 3.05) is 4.90 Å². The summed E-state index contributed by atoms with van der Waals surface area (Å²) in [6.45, 7) is 0.0164. The average Bonchev–Trinajstić information content (AvgIpc) is 2.99. The Morgan fingerprint density at radius 2 is 1.67 bits per heavy atom. The van der Waals surface area contributed by atoms with Gasteiger partial charge in [0.15, 0.2) is 0 Å². The second-order valence-corrected chi connectivity index (χ2v) is 5.14. The van der Waals surface area contributed by atoms with Crippen LogP contribution in [0.3, 0.4) is 0 Å². The van der Waals surface area contributed by atoms with Gasteiger partial charge in [0.2, 0.25) is 0 Å². The van der Waals surface area contributed by atoms with Crippen molar-refractivity contribution in [3.63, 3.8) is 0 Å². The number of carbonyl (C=O) groups is 2. The molecule has 1 heterocycles. The maximum atomic E-state index is 13.4. The van der Waals surface area contributed by atoms with Crippen molar-refractivity contribution < 1.29 is 37.4 Å². The Kier molecular flexibility index (Phi) is 6.71. The summed E-state index contributed by atoms with van der Waals surface area (Å²) in [5.41, 5.74) is 0.364. The lowest BCUT2D eigenvalue weighted by Gasteiger charge is -2.17. The number of hydrogen-bond donors (Lipinski definition) is 2. The summed E-state index contributed by atoms with van der Waals surface area (Å²) >= 11 is 1.31. The van der Waals surface area contributed by atoms with Crippen LogP contribution in [-0.2, 0) is 11.3 Å². The van der Waals surface area contributed by atoms with E-state index in [1.165, 1.54) is 17.4 Å². The van der Waals surface area contributed by atoms with E-state index in [2.05, 4.69) is 0 Å². The number of carboxylic acid groups (broad SMARTS) is 2. The number of rotatable bonds is 3. The second kappa shape index (κ2) is 8.29. The van der Waals surface area contributed by atoms with Gasteiger partial charge >= 0.3 is 18.2 Å². The first-order valence-corrected chi connectivity index (χ1v) is 7.08. The zero-order valence-electron chi connectivity index (χ0n) is 11.8. The maximum Gasteiger partial charge on any atom is 0.490 e. The number of amides is 1. The lowest BCUT2D eigenvalue weighted by Crippen LogP contribution is -2.28. The number of nitrogens with zero attached hydrogens (tertiary/aromatic N) is 1. The minimum Gasteiger partial charge on any atom is -0.475 e. The predicted molar refractivity (Wildman–Crippen MR) is 78.6 cm³/mol. The number of halogens is 4. The number of alkyl halides is 3. The molecule has 0 bridgehead atoms. The van der Waals surface area contributed by atoms with Crippen LogP contribution in [0.1, 0.15) is 5.56 Å². The number of anilines is 1. The Morgan fingerprint density at radius 1 is 1.08 bits per heavy atom. The number of aliphatic carboxylic acids is 1. The van der Waals surface area contributed by atoms with Crippen LogP contribution >= 0.6 is 11.3 Å². The van der Waals surface area contributed by atoms with Gasteiger partial charge in [-0.15, -0.1) is 11.3 Å². The van der Waals surface area contributed by atoms with Crippen LogP contribution in [0.15, 0.2) is 41.8 Å². The van der Waals surface area contributed by atoms with Gasteiger partial charge in [-0.3, -0.25) is 4.90 Å². The van der Waals surface area contributed by atoms with Gasteiger partial charge < -0.3 is 10.2 Å². The highest BCUT2D eigenvalue weighted by molar-refractivity contribution is 7.14. The molecular formula is C14H11F4NO4S. The van der Waals surface area contributed by atoms with Crippen LogP contribution in [0.2, 0.25) is 0 Å². The standard InChI is InChI=1S/C12H10FNO2S.C2HF3O2/c13-10-5-2-1-4-9(10)8-14(12(15)16)11-6-3-7-17-11;3-2(4,5)1(6)7/h1-7H,8H2,(H,15,16);(H,6,7). The number of hydrogen-bond acceptors (Lipinski definition) is 3. The lowest BCUT2D eigenvalue weighted by atomic mass is 10.2. The highest BCUT2D eigenvalue weighted by Crippen LogP contribution is 2.24. The number of carboxylic acids is 1. The molecule has 0 aliphatic rings. The summed E-state index contributed by atoms with van der Waals surface area (Å²) in [4.78, 5) is 21.1. The Bertz CT molecular complexity index is 688. The molecule has 2 aromatic rings. The first kappa shape index (κ1) is 19.4. The van der Waals surface area contributed by atoms with Crippen molar-refractivity contribution in [1.29, 1.82) is 0 Å². The molecule has 2 rings (SSSR count). The molecule has 0 spiro atoms. The molecule has 0 atom stereocenters. The van der Waals surface area contributed by atoms with E-state index >= 15 is 0 Å². The van der Waals surface area contributed by atoms with Crippen LogP contribution in [-0.4, -0.2) is 28.5 Å². The monoisotopic (exact) mass is 365 g/mol. The van der Waals surface area contributed by atoms with E-state index in [9.17, 15) is 22.4 Å². The molecule has 1 aromatic heterocycles. The van der Waals surface area contributed by atoms with Crippen LogP contribution in [0.5, 0.6) is 0 Å². The Morgan fingerprint density at radius 3 is 2.08 bits per heavy atom. The van der Waals surface area contributed by atoms with Crippen molar-refractivity contribution >= 4 is 28.4 Å². The van der Waals surface area contributed by atoms with E-state index in [0.717, 1.165) is 4.90 Å². The predicted octanol–water partition coefficient (Wildman–Crippen LogP) is 4.21. The molecular weight excluding hydrogens is 354 g/mol. The molecule has 0 unspecified atom stereocenters. The maximum absolute atomic E-state index is 13.4. The van der Waals surface area contributed by atoms with Gasteiger partial charge in [-0.2, -0.15) is 13.2 Å². The summed E-state index contributed by atoms with van der Waals surface area (Å²) in [7, 11) is 0. The molecule has 10 heteroatoms. The quantitative estimate of drug-likeness (QED) is 0.799. The van der Waals surface area contributed by atoms with Gasteiger partial charge in [0.05, 0.1) is 6.54 Å². The summed E-state index contributed by atoms with van der Waals surface area (Å²) in [5.74, 6) is -3.15. The molecule has 2 N–H and O–H groups in total. The molecule has 130 valence electrons. The third kappa shape index (κ3) is 5.88. The zero-order chi connectivity index (χ0) is 18.3. The first-order valence-electron chi connectivity index (χ1n) is 6.20. The summed E-state index contributed by atoms with van der Waals surface area (Å²) < 4.78 is 45.2. The third-order valence-electron chi connectivity index (χ3n) is 2.53. The van der Waals surface area contributed by atoms with E-state index in [0.29, 0.717) is 10.6 Å². The average molecular weight is 365 g/mol. The lowest BCUT2D eigenvalue weighted by molar-refractivity contribution is -0.192. The van der Waals surface area contributed by atoms with Crippen molar-refractivity contribution in [2.24, 2.45) is 0 Å². The fraction of sp³-hybridized carbons (Fsp3) is 0.143. The molecule has 0 fully saturated rings. The zero-order valence-corrected chi connectivity index (χ0v) is 12.6. The first-order chi connectivity index (χ1) is 11.1. The summed E-state index contributed by atoms with van der Waals surface area (Å²) in [6.07, 6.45) is -6.17. The van der Waals surface area contributed by atoms with Crippen molar-refractivity contribution in [3.8, 4) is 0 Å². The van der Waals surface area contributed by atoms with Gasteiger partial charge in [0.1, 0.15) is 10.8 Å². The van der Waals surface area contributed by atoms with Crippen molar-refractivity contribution in [2.45, 2.75) is 12.7 Å². The van der Waals surface area contributed by atoms with E-state index in [1.807, 2.05) is 0 Å². The van der Waals surface area contributed by atoms with Crippen LogP contribution in [0.4, 0.5) is 27.4 Å². The number of benzene rings is 1. The molecule has 0 saturated carbocycles. The fourth-order valence-corrected chi connectivity index (χ4v) is 2.18. The van der Waals surface area contributed by atoms with E-state index in [4.69, 9.17) is 15.0 Å². The molecule has 0 aliphatic carbocycles. The highest BCUT2D eigenvalue weighted by atomic mass is 32.1. The molecule has 1 amide bonds. The third-order valence-corrected chi connectivity index (χ3v) is 3.42. The van der Waals surface area contributed by atoms with E-state index in [-0.39, 0.29) is 6.54 Å². The highest BCUT2D eigenvalue weighted by Gasteiger charge is 2.38. The van der Waals surface area contributed by atoms with Gasteiger partial charge in [-0.25, -0.2) is 14.0 Å². The molecule has 0 radical (unpaired) electrons. The minimum atomic E-state index is -5.08. The smallest absolute Gasteiger partial charge is 0.475 e.